The topological polar surface area (TPSA) is 66.2 Å². The van der Waals surface area contributed by atoms with Crippen molar-refractivity contribution < 1.29 is 10.0 Å². The van der Waals surface area contributed by atoms with Crippen LogP contribution in [0, 0.1) is 28.6 Å². The molecule has 154 valence electrons. The van der Waals surface area contributed by atoms with Crippen LogP contribution in [0.3, 0.4) is 0 Å². The van der Waals surface area contributed by atoms with Crippen LogP contribution in [0.5, 0.6) is 0 Å². The molecule has 0 aromatic heterocycles. The Bertz CT molecular complexity index is 723. The molecule has 2 N–H and O–H groups in total. The largest absolute Gasteiger partial charge is 0.411 e. The SMILES string of the molecule is C[C@@]12CCC[C@H]1[C@@H]1C/C(=N\O)C3=C/C(=N\O[C@H]4CCNC4)CC[C@]3(C)[C@H]1CC2. The highest BCUT2D eigenvalue weighted by Crippen LogP contribution is 2.64. The summed E-state index contributed by atoms with van der Waals surface area (Å²) in [6, 6.07) is 0. The zero-order valence-electron chi connectivity index (χ0n) is 17.4. The maximum atomic E-state index is 9.90. The number of rotatable bonds is 2. The Morgan fingerprint density at radius 1 is 1.14 bits per heavy atom. The Hall–Kier alpha value is -1.36. The second-order valence-corrected chi connectivity index (χ2v) is 10.5. The van der Waals surface area contributed by atoms with Crippen LogP contribution in [0.2, 0.25) is 0 Å². The summed E-state index contributed by atoms with van der Waals surface area (Å²) in [6.45, 7) is 6.85. The van der Waals surface area contributed by atoms with Gasteiger partial charge >= 0.3 is 0 Å². The second-order valence-electron chi connectivity index (χ2n) is 10.5. The van der Waals surface area contributed by atoms with Crippen LogP contribution in [0.25, 0.3) is 0 Å². The summed E-state index contributed by atoms with van der Waals surface area (Å²) in [6.07, 6.45) is 13.2. The third-order valence-corrected chi connectivity index (χ3v) is 9.06. The molecule has 0 aromatic rings. The van der Waals surface area contributed by atoms with Crippen LogP contribution in [0.4, 0.5) is 0 Å². The lowest BCUT2D eigenvalue weighted by Gasteiger charge is -2.57. The minimum absolute atomic E-state index is 0.113. The molecule has 6 atom stereocenters. The highest BCUT2D eigenvalue weighted by Gasteiger charge is 2.57. The monoisotopic (exact) mass is 385 g/mol. The Balaban J connectivity index is 1.44. The number of oxime groups is 2. The highest BCUT2D eigenvalue weighted by molar-refractivity contribution is 6.09. The first-order valence-corrected chi connectivity index (χ1v) is 11.4. The van der Waals surface area contributed by atoms with Crippen molar-refractivity contribution in [2.45, 2.75) is 77.7 Å². The molecule has 0 radical (unpaired) electrons. The van der Waals surface area contributed by atoms with E-state index in [0.29, 0.717) is 17.3 Å². The van der Waals surface area contributed by atoms with E-state index in [4.69, 9.17) is 4.84 Å². The normalized spacial score (nSPS) is 48.1. The lowest BCUT2D eigenvalue weighted by Crippen LogP contribution is -2.52. The van der Waals surface area contributed by atoms with Gasteiger partial charge in [0.1, 0.15) is 6.10 Å². The van der Waals surface area contributed by atoms with E-state index in [1.165, 1.54) is 37.7 Å². The van der Waals surface area contributed by atoms with Gasteiger partial charge in [0.25, 0.3) is 0 Å². The molecule has 4 aliphatic carbocycles. The van der Waals surface area contributed by atoms with Crippen LogP contribution in [0.15, 0.2) is 22.0 Å². The van der Waals surface area contributed by atoms with Gasteiger partial charge in [0.2, 0.25) is 0 Å². The molecule has 0 unspecified atom stereocenters. The maximum Gasteiger partial charge on any atom is 0.141 e. The van der Waals surface area contributed by atoms with Crippen LogP contribution in [0.1, 0.15) is 71.6 Å². The lowest BCUT2D eigenvalue weighted by molar-refractivity contribution is -0.0150. The summed E-state index contributed by atoms with van der Waals surface area (Å²) in [7, 11) is 0. The smallest absolute Gasteiger partial charge is 0.141 e. The first-order chi connectivity index (χ1) is 13.5. The quantitative estimate of drug-likeness (QED) is 0.543. The van der Waals surface area contributed by atoms with Gasteiger partial charge < -0.3 is 15.4 Å². The zero-order valence-corrected chi connectivity index (χ0v) is 17.4. The van der Waals surface area contributed by atoms with Gasteiger partial charge in [-0.3, -0.25) is 0 Å². The number of hydrogen-bond acceptors (Lipinski definition) is 5. The molecule has 1 aliphatic heterocycles. The van der Waals surface area contributed by atoms with Gasteiger partial charge in [0, 0.05) is 13.0 Å². The molecule has 0 amide bonds. The molecular weight excluding hydrogens is 350 g/mol. The van der Waals surface area contributed by atoms with E-state index in [2.05, 4.69) is 35.6 Å². The van der Waals surface area contributed by atoms with Crippen molar-refractivity contribution in [2.75, 3.05) is 13.1 Å². The van der Waals surface area contributed by atoms with Crippen molar-refractivity contribution in [1.29, 1.82) is 0 Å². The molecule has 5 rings (SSSR count). The van der Waals surface area contributed by atoms with Gasteiger partial charge in [0.05, 0.1) is 11.4 Å². The van der Waals surface area contributed by atoms with Crippen LogP contribution < -0.4 is 5.32 Å². The first kappa shape index (κ1) is 18.7. The van der Waals surface area contributed by atoms with Gasteiger partial charge in [-0.15, -0.1) is 0 Å². The van der Waals surface area contributed by atoms with E-state index in [-0.39, 0.29) is 11.5 Å². The maximum absolute atomic E-state index is 9.90. The van der Waals surface area contributed by atoms with Crippen molar-refractivity contribution in [3.8, 4) is 0 Å². The zero-order chi connectivity index (χ0) is 19.4. The number of allylic oxidation sites excluding steroid dienone is 2. The second kappa shape index (κ2) is 6.86. The lowest BCUT2D eigenvalue weighted by atomic mass is 9.47. The fourth-order valence-electron chi connectivity index (χ4n) is 7.44. The molecule has 5 nitrogen and oxygen atoms in total. The number of hydrogen-bond donors (Lipinski definition) is 2. The molecular formula is C23H35N3O2. The van der Waals surface area contributed by atoms with Crippen molar-refractivity contribution in [1.82, 2.24) is 5.32 Å². The number of nitrogens with one attached hydrogen (secondary N) is 1. The highest BCUT2D eigenvalue weighted by atomic mass is 16.6. The fraction of sp³-hybridized carbons (Fsp3) is 0.826. The summed E-state index contributed by atoms with van der Waals surface area (Å²) in [5.41, 5.74) is 3.79. The van der Waals surface area contributed by atoms with E-state index in [9.17, 15) is 5.21 Å². The molecule has 0 aromatic carbocycles. The predicted molar refractivity (Wildman–Crippen MR) is 111 cm³/mol. The van der Waals surface area contributed by atoms with Crippen LogP contribution >= 0.6 is 0 Å². The van der Waals surface area contributed by atoms with Crippen LogP contribution in [-0.4, -0.2) is 35.8 Å². The van der Waals surface area contributed by atoms with Gasteiger partial charge in [-0.2, -0.15) is 0 Å². The molecule has 0 bridgehead atoms. The molecule has 4 fully saturated rings. The van der Waals surface area contributed by atoms with E-state index >= 15 is 0 Å². The summed E-state index contributed by atoms with van der Waals surface area (Å²) in [5.74, 6) is 2.19. The Morgan fingerprint density at radius 2 is 2.04 bits per heavy atom. The van der Waals surface area contributed by atoms with Crippen molar-refractivity contribution in [2.24, 2.45) is 38.9 Å². The summed E-state index contributed by atoms with van der Waals surface area (Å²) >= 11 is 0. The molecule has 3 saturated carbocycles. The summed E-state index contributed by atoms with van der Waals surface area (Å²) in [4.78, 5) is 5.78. The third kappa shape index (κ3) is 2.84. The van der Waals surface area contributed by atoms with E-state index in [0.717, 1.165) is 56.1 Å². The minimum atomic E-state index is 0.113. The van der Waals surface area contributed by atoms with Crippen molar-refractivity contribution in [3.63, 3.8) is 0 Å². The van der Waals surface area contributed by atoms with Gasteiger partial charge in [-0.05, 0) is 91.7 Å². The average molecular weight is 386 g/mol. The van der Waals surface area contributed by atoms with Gasteiger partial charge in [-0.1, -0.05) is 30.6 Å². The molecule has 0 spiro atoms. The van der Waals surface area contributed by atoms with Crippen molar-refractivity contribution in [3.05, 3.63) is 11.6 Å². The minimum Gasteiger partial charge on any atom is -0.411 e. The Labute approximate surface area is 168 Å². The standard InChI is InChI=1S/C23H35N3O2/c1-22-8-3-4-18(22)17-13-21(25-27)20-12-15(26-28-16-7-11-24-14-16)5-10-23(20,2)19(17)6-9-22/h12,16-19,24,27H,3-11,13-14H2,1-2H3/b25-21+,26-15-/t16-,17-,18-,19-,22-,23+/m0/s1. The van der Waals surface area contributed by atoms with Gasteiger partial charge in [-0.25, -0.2) is 0 Å². The Morgan fingerprint density at radius 3 is 2.82 bits per heavy atom. The molecule has 5 aliphatic rings. The molecule has 28 heavy (non-hydrogen) atoms. The third-order valence-electron chi connectivity index (χ3n) is 9.06. The molecule has 1 saturated heterocycles. The summed E-state index contributed by atoms with van der Waals surface area (Å²) in [5, 5.41) is 21.5. The van der Waals surface area contributed by atoms with Crippen molar-refractivity contribution >= 4 is 11.4 Å². The van der Waals surface area contributed by atoms with Gasteiger partial charge in [0.15, 0.2) is 0 Å². The molecule has 1 heterocycles. The molecule has 5 heteroatoms. The Kier molecular flexibility index (Phi) is 4.57. The van der Waals surface area contributed by atoms with E-state index in [1.54, 1.807) is 0 Å². The summed E-state index contributed by atoms with van der Waals surface area (Å²) < 4.78 is 0. The fourth-order valence-corrected chi connectivity index (χ4v) is 7.44. The first-order valence-electron chi connectivity index (χ1n) is 11.4. The predicted octanol–water partition coefficient (Wildman–Crippen LogP) is 4.51. The van der Waals surface area contributed by atoms with E-state index in [1.807, 2.05) is 0 Å². The average Bonchev–Trinajstić information content (AvgIpc) is 3.34. The van der Waals surface area contributed by atoms with E-state index < -0.39 is 0 Å². The number of fused-ring (bicyclic) bond motifs is 5. The number of nitrogens with zero attached hydrogens (tertiary/aromatic N) is 2. The van der Waals surface area contributed by atoms with Crippen LogP contribution in [-0.2, 0) is 4.84 Å².